The van der Waals surface area contributed by atoms with Gasteiger partial charge in [0.2, 0.25) is 0 Å². The molecule has 18 rings (SSSR count). The Morgan fingerprint density at radius 3 is 0.496 bits per heavy atom. The Kier molecular flexibility index (Phi) is 32.4. The second kappa shape index (κ2) is 42.8. The van der Waals surface area contributed by atoms with Crippen molar-refractivity contribution < 1.29 is 20.4 Å². The fraction of sp³-hybridized carbons (Fsp3) is 0.0857. The van der Waals surface area contributed by atoms with Gasteiger partial charge in [0.15, 0.2) is 0 Å². The quantitative estimate of drug-likeness (QED) is 0.0495. The normalized spacial score (nSPS) is 11.8. The van der Waals surface area contributed by atoms with Gasteiger partial charge < -0.3 is 0 Å². The van der Waals surface area contributed by atoms with Gasteiger partial charge in [0.05, 0.1) is 0 Å². The van der Waals surface area contributed by atoms with E-state index in [1.54, 1.807) is 0 Å². The Morgan fingerprint density at radius 2 is 0.336 bits per heavy atom. The fourth-order valence-electron chi connectivity index (χ4n) is 14.4. The molecule has 0 spiro atoms. The van der Waals surface area contributed by atoms with E-state index < -0.39 is 31.7 Å². The van der Waals surface area contributed by atoms with Crippen LogP contribution in [-0.4, -0.2) is 4.93 Å². The van der Waals surface area contributed by atoms with E-state index in [1.807, 2.05) is 4.93 Å². The van der Waals surface area contributed by atoms with E-state index in [1.165, 1.54) is 128 Å². The summed E-state index contributed by atoms with van der Waals surface area (Å²) < 4.78 is 2.40. The van der Waals surface area contributed by atoms with E-state index in [2.05, 4.69) is 533 Å². The molecule has 113 heavy (non-hydrogen) atoms. The number of halogens is 3. The number of aryl methyl sites for hydroxylation is 2. The van der Waals surface area contributed by atoms with Crippen molar-refractivity contribution in [1.29, 1.82) is 0 Å². The van der Waals surface area contributed by atoms with Gasteiger partial charge in [-0.2, -0.15) is 0 Å². The molecule has 564 valence electrons. The second-order valence-corrected chi connectivity index (χ2v) is 38.6. The molecule has 16 aromatic rings. The van der Waals surface area contributed by atoms with E-state index in [9.17, 15) is 0 Å². The summed E-state index contributed by atoms with van der Waals surface area (Å²) in [7, 11) is -1.78. The van der Waals surface area contributed by atoms with Crippen LogP contribution in [0.3, 0.4) is 0 Å². The third kappa shape index (κ3) is 21.8. The zero-order chi connectivity index (χ0) is 78.1. The Morgan fingerprint density at radius 1 is 0.195 bits per heavy atom. The monoisotopic (exact) mass is 1870 g/mol. The van der Waals surface area contributed by atoms with E-state index in [-0.39, 0.29) is 31.3 Å². The van der Waals surface area contributed by atoms with Crippen LogP contribution < -0.4 is 63.7 Å². The maximum absolute atomic E-state index is 3.64. The van der Waals surface area contributed by atoms with Gasteiger partial charge in [-0.15, -0.1) is 0 Å². The molecule has 0 saturated heterocycles. The minimum Gasteiger partial charge on any atom is -0.0901 e. The predicted octanol–water partition coefficient (Wildman–Crippen LogP) is 25.0. The first-order chi connectivity index (χ1) is 54.8. The molecular weight excluding hydrogens is 1780 g/mol. The van der Waals surface area contributed by atoms with Gasteiger partial charge in [-0.3, -0.25) is 0 Å². The molecule has 0 amide bonds. The second-order valence-electron chi connectivity index (χ2n) is 28.0. The first kappa shape index (κ1) is 85.5. The fourth-order valence-corrected chi connectivity index (χ4v) is 24.3. The van der Waals surface area contributed by atoms with Crippen molar-refractivity contribution in [3.05, 3.63) is 479 Å². The van der Waals surface area contributed by atoms with Crippen molar-refractivity contribution in [3.8, 4) is 22.3 Å². The molecule has 2 aliphatic rings. The Labute approximate surface area is 721 Å². The molecule has 0 nitrogen and oxygen atoms in total. The van der Waals surface area contributed by atoms with Crippen LogP contribution in [0, 0.1) is 13.8 Å². The van der Waals surface area contributed by atoms with Crippen molar-refractivity contribution in [3.63, 3.8) is 0 Å². The Balaban J connectivity index is 0.000000133. The number of benzene rings is 16. The molecule has 0 heterocycles. The van der Waals surface area contributed by atoms with Crippen LogP contribution in [0.5, 0.6) is 0 Å². The van der Waals surface area contributed by atoms with Gasteiger partial charge in [-0.25, -0.2) is 0 Å². The van der Waals surface area contributed by atoms with E-state index >= 15 is 0 Å². The minimum atomic E-state index is -0.446. The summed E-state index contributed by atoms with van der Waals surface area (Å²) in [6, 6.07) is 156. The van der Waals surface area contributed by atoms with Gasteiger partial charge >= 0.3 is 0 Å². The molecule has 0 radical (unpaired) electrons. The summed E-state index contributed by atoms with van der Waals surface area (Å²) in [5, 5.41) is 16.8. The third-order valence-corrected chi connectivity index (χ3v) is 31.4. The molecular formula is C105H93Br2IP4Pd. The minimum absolute atomic E-state index is 0. The zero-order valence-electron chi connectivity index (χ0n) is 64.8. The molecule has 0 unspecified atom stereocenters. The zero-order valence-corrected chi connectivity index (χ0v) is 75.3. The van der Waals surface area contributed by atoms with E-state index in [0.29, 0.717) is 0 Å². The molecule has 16 aromatic carbocycles. The average molecular weight is 1870 g/mol. The van der Waals surface area contributed by atoms with Crippen LogP contribution in [0.4, 0.5) is 0 Å². The molecule has 0 atom stereocenters. The summed E-state index contributed by atoms with van der Waals surface area (Å²) in [5.74, 6) is 0. The maximum Gasteiger partial charge on any atom is 0.0210 e. The van der Waals surface area contributed by atoms with Crippen LogP contribution in [0.15, 0.2) is 446 Å². The number of fused-ring (bicyclic) bond motifs is 6. The molecule has 8 heteroatoms. The van der Waals surface area contributed by atoms with Gasteiger partial charge in [0.1, 0.15) is 0 Å². The SMILES string of the molecule is CI.Cc1cc2c(cc1Br)-c1ccccc1C2(C)C.Cc1cc2c(cc1Br)-c1ccccc1C2(C)C.[Pd].c1ccc(P(c2ccccc2)c2ccccc2)cc1.c1ccc(P(c2ccccc2)c2ccccc2)cc1.c1ccc(P(c2ccccc2)c2ccccc2)cc1.c1ccc(P(c2ccccc2)c2ccccc2)cc1. The van der Waals surface area contributed by atoms with E-state index in [0.717, 1.165) is 0 Å². The van der Waals surface area contributed by atoms with Crippen molar-refractivity contribution in [2.45, 2.75) is 52.4 Å². The molecule has 2 aliphatic carbocycles. The van der Waals surface area contributed by atoms with Crippen LogP contribution in [0.25, 0.3) is 22.3 Å². The van der Waals surface area contributed by atoms with Crippen molar-refractivity contribution in [2.75, 3.05) is 4.93 Å². The third-order valence-electron chi connectivity index (χ3n) is 19.9. The van der Waals surface area contributed by atoms with Crippen LogP contribution >= 0.6 is 86.1 Å². The largest absolute Gasteiger partial charge is 0.0901 e. The summed E-state index contributed by atoms with van der Waals surface area (Å²) in [6.45, 7) is 13.6. The maximum atomic E-state index is 3.64. The van der Waals surface area contributed by atoms with Crippen LogP contribution in [0.1, 0.15) is 61.1 Å². The average Bonchev–Trinajstić information content (AvgIpc) is 1.59. The summed E-state index contributed by atoms with van der Waals surface area (Å²) in [4.78, 5) is 1.97. The molecule has 0 aromatic heterocycles. The van der Waals surface area contributed by atoms with Crippen molar-refractivity contribution in [1.82, 2.24) is 0 Å². The topological polar surface area (TPSA) is 0 Å². The molecule has 0 fully saturated rings. The number of hydrogen-bond acceptors (Lipinski definition) is 0. The molecule has 0 N–H and O–H groups in total. The molecule has 0 saturated carbocycles. The first-order valence-electron chi connectivity index (χ1n) is 37.8. The van der Waals surface area contributed by atoms with E-state index in [4.69, 9.17) is 0 Å². The molecule has 0 aliphatic heterocycles. The van der Waals surface area contributed by atoms with Gasteiger partial charge in [-0.1, -0.05) is 507 Å². The number of rotatable bonds is 12. The Hall–Kier alpha value is -8.41. The summed E-state index contributed by atoms with van der Waals surface area (Å²) in [5.41, 5.74) is 14.1. The standard InChI is InChI=1S/4C18H15P.2C16H15Br.CH3I.Pd/c4*1-4-10-16(11-5-1)19(17-12-6-2-7-13-17)18-14-8-3-9-15-18;2*1-10-8-14-12(9-15(10)17)11-6-4-5-7-13(11)16(14,2)3;1-2;/h4*1-15H;2*4-9H,1-3H3;1H3;. The van der Waals surface area contributed by atoms with Gasteiger partial charge in [0.25, 0.3) is 0 Å². The number of hydrogen-bond donors (Lipinski definition) is 0. The van der Waals surface area contributed by atoms with Crippen LogP contribution in [-0.2, 0) is 31.3 Å². The van der Waals surface area contributed by atoms with Gasteiger partial charge in [-0.05, 0) is 182 Å². The molecule has 0 bridgehead atoms. The van der Waals surface area contributed by atoms with Crippen molar-refractivity contribution >= 4 is 150 Å². The smallest absolute Gasteiger partial charge is 0.0210 e. The van der Waals surface area contributed by atoms with Crippen LogP contribution in [0.2, 0.25) is 0 Å². The summed E-state index contributed by atoms with van der Waals surface area (Å²) >= 11 is 9.43. The van der Waals surface area contributed by atoms with Gasteiger partial charge in [0, 0.05) is 40.2 Å². The number of alkyl halides is 1. The van der Waals surface area contributed by atoms with Crippen molar-refractivity contribution in [2.24, 2.45) is 0 Å². The first-order valence-corrected chi connectivity index (χ1v) is 46.9. The summed E-state index contributed by atoms with van der Waals surface area (Å²) in [6.07, 6.45) is 0. The Bertz CT molecular complexity index is 4550. The predicted molar refractivity (Wildman–Crippen MR) is 513 cm³/mol.